The Labute approximate surface area is 255 Å². The number of fused-ring (bicyclic) bond motifs is 2. The van der Waals surface area contributed by atoms with Crippen molar-refractivity contribution >= 4 is 16.9 Å². The minimum atomic E-state index is -1.05. The molecule has 1 aliphatic rings. The molecule has 0 amide bonds. The molecule has 1 aliphatic heterocycles. The molecule has 3 heterocycles. The van der Waals surface area contributed by atoms with E-state index in [0.717, 1.165) is 28.5 Å². The first-order valence-electron chi connectivity index (χ1n) is 14.6. The Balaban J connectivity index is 1.56. The molecule has 0 spiro atoms. The summed E-state index contributed by atoms with van der Waals surface area (Å²) in [6.45, 7) is 6.02. The molecule has 4 aromatic rings. The Morgan fingerprint density at radius 1 is 1.00 bits per heavy atom. The predicted octanol–water partition coefficient (Wildman–Crippen LogP) is 4.59. The summed E-state index contributed by atoms with van der Waals surface area (Å²) < 4.78 is 23.8. The van der Waals surface area contributed by atoms with Crippen molar-refractivity contribution < 1.29 is 28.5 Å². The fourth-order valence-corrected chi connectivity index (χ4v) is 5.91. The first-order valence-corrected chi connectivity index (χ1v) is 14.6. The zero-order valence-electron chi connectivity index (χ0n) is 25.7. The summed E-state index contributed by atoms with van der Waals surface area (Å²) in [4.78, 5) is 41.9. The lowest BCUT2D eigenvalue weighted by atomic mass is 9.91. The maximum absolute atomic E-state index is 14.0. The molecule has 10 heteroatoms. The van der Waals surface area contributed by atoms with E-state index in [1.807, 2.05) is 50.2 Å². The second kappa shape index (κ2) is 13.0. The lowest BCUT2D eigenvalue weighted by Gasteiger charge is -2.29. The van der Waals surface area contributed by atoms with Crippen molar-refractivity contribution in [2.45, 2.75) is 52.2 Å². The zero-order chi connectivity index (χ0) is 31.5. The summed E-state index contributed by atoms with van der Waals surface area (Å²) >= 11 is 0. The molecule has 10 nitrogen and oxygen atoms in total. The van der Waals surface area contributed by atoms with Crippen LogP contribution in [0.1, 0.15) is 54.4 Å². The molecule has 0 radical (unpaired) electrons. The van der Waals surface area contributed by atoms with Gasteiger partial charge < -0.3 is 28.3 Å². The van der Waals surface area contributed by atoms with Crippen LogP contribution in [-0.4, -0.2) is 48.4 Å². The third-order valence-electron chi connectivity index (χ3n) is 8.05. The van der Waals surface area contributed by atoms with Gasteiger partial charge in [0.2, 0.25) is 11.2 Å². The molecule has 232 valence electrons. The Hall–Kier alpha value is -4.57. The number of aromatic hydroxyl groups is 1. The molecular formula is C34H38N2O8. The van der Waals surface area contributed by atoms with Crippen LogP contribution in [0.3, 0.4) is 0 Å². The Morgan fingerprint density at radius 3 is 2.39 bits per heavy atom. The van der Waals surface area contributed by atoms with Crippen molar-refractivity contribution in [2.75, 3.05) is 27.9 Å². The average molecular weight is 603 g/mol. The van der Waals surface area contributed by atoms with Gasteiger partial charge in [-0.25, -0.2) is 0 Å². The molecule has 44 heavy (non-hydrogen) atoms. The second-order valence-corrected chi connectivity index (χ2v) is 11.5. The summed E-state index contributed by atoms with van der Waals surface area (Å²) in [6.07, 6.45) is 0.451. The first-order chi connectivity index (χ1) is 21.1. The van der Waals surface area contributed by atoms with Crippen LogP contribution in [-0.2, 0) is 35.6 Å². The number of hydrogen-bond acceptors (Lipinski definition) is 9. The summed E-state index contributed by atoms with van der Waals surface area (Å²) in [5.41, 5.74) is 2.24. The normalized spacial score (nSPS) is 14.0. The molecular weight excluding hydrogens is 564 g/mol. The van der Waals surface area contributed by atoms with Crippen LogP contribution < -0.4 is 20.5 Å². The lowest BCUT2D eigenvalue weighted by Crippen LogP contribution is -2.31. The Morgan fingerprint density at radius 2 is 1.70 bits per heavy atom. The highest BCUT2D eigenvalue weighted by atomic mass is 16.5. The van der Waals surface area contributed by atoms with Gasteiger partial charge in [-0.1, -0.05) is 32.0 Å². The van der Waals surface area contributed by atoms with E-state index >= 15 is 0 Å². The quantitative estimate of drug-likeness (QED) is 0.260. The van der Waals surface area contributed by atoms with Gasteiger partial charge in [0.1, 0.15) is 5.76 Å². The SMILES string of the molecule is COC(=O)C[C@@H](c1oc(CN2CCc3cc(OC)c(OC)cc3C2)cc(=O)c1O)c1cc2ccccc2n(CC(C)C)c1=O. The van der Waals surface area contributed by atoms with E-state index in [-0.39, 0.29) is 35.8 Å². The van der Waals surface area contributed by atoms with Crippen LogP contribution in [0, 0.1) is 5.92 Å². The zero-order valence-corrected chi connectivity index (χ0v) is 25.7. The number of ether oxygens (including phenoxy) is 3. The van der Waals surface area contributed by atoms with Crippen molar-refractivity contribution in [2.24, 2.45) is 5.92 Å². The van der Waals surface area contributed by atoms with Gasteiger partial charge in [-0.15, -0.1) is 0 Å². The molecule has 1 N–H and O–H groups in total. The van der Waals surface area contributed by atoms with Crippen LogP contribution in [0.2, 0.25) is 0 Å². The fourth-order valence-electron chi connectivity index (χ4n) is 5.91. The van der Waals surface area contributed by atoms with Crippen molar-refractivity contribution in [3.8, 4) is 17.2 Å². The predicted molar refractivity (Wildman–Crippen MR) is 166 cm³/mol. The number of hydrogen-bond donors (Lipinski definition) is 1. The van der Waals surface area contributed by atoms with Crippen LogP contribution in [0.15, 0.2) is 62.5 Å². The highest BCUT2D eigenvalue weighted by Gasteiger charge is 2.30. The maximum atomic E-state index is 14.0. The Kier molecular flexibility index (Phi) is 9.10. The molecule has 1 atom stereocenters. The van der Waals surface area contributed by atoms with Crippen molar-refractivity contribution in [3.63, 3.8) is 0 Å². The largest absolute Gasteiger partial charge is 0.502 e. The van der Waals surface area contributed by atoms with E-state index in [4.69, 9.17) is 18.6 Å². The molecule has 0 unspecified atom stereocenters. The van der Waals surface area contributed by atoms with Gasteiger partial charge in [0.05, 0.1) is 45.7 Å². The van der Waals surface area contributed by atoms with E-state index in [1.165, 1.54) is 13.2 Å². The van der Waals surface area contributed by atoms with Gasteiger partial charge in [-0.05, 0) is 53.1 Å². The minimum absolute atomic E-state index is 0.134. The summed E-state index contributed by atoms with van der Waals surface area (Å²) in [7, 11) is 4.45. The highest BCUT2D eigenvalue weighted by molar-refractivity contribution is 5.80. The number of rotatable bonds is 10. The van der Waals surface area contributed by atoms with Crippen molar-refractivity contribution in [1.29, 1.82) is 0 Å². The van der Waals surface area contributed by atoms with Gasteiger partial charge in [0.25, 0.3) is 5.56 Å². The lowest BCUT2D eigenvalue weighted by molar-refractivity contribution is -0.140. The number of para-hydroxylation sites is 1. The van der Waals surface area contributed by atoms with Crippen LogP contribution in [0.4, 0.5) is 0 Å². The molecule has 0 saturated carbocycles. The van der Waals surface area contributed by atoms with E-state index < -0.39 is 23.1 Å². The van der Waals surface area contributed by atoms with Crippen LogP contribution in [0.5, 0.6) is 17.2 Å². The smallest absolute Gasteiger partial charge is 0.306 e. The number of pyridine rings is 1. The molecule has 2 aromatic heterocycles. The van der Waals surface area contributed by atoms with Gasteiger partial charge in [-0.3, -0.25) is 19.3 Å². The number of esters is 1. The van der Waals surface area contributed by atoms with Gasteiger partial charge in [-0.2, -0.15) is 0 Å². The molecule has 0 saturated heterocycles. The van der Waals surface area contributed by atoms with Crippen LogP contribution in [0.25, 0.3) is 10.9 Å². The maximum Gasteiger partial charge on any atom is 0.306 e. The van der Waals surface area contributed by atoms with Gasteiger partial charge in [0, 0.05) is 31.3 Å². The molecule has 0 fully saturated rings. The second-order valence-electron chi connectivity index (χ2n) is 11.5. The van der Waals surface area contributed by atoms with E-state index in [2.05, 4.69) is 4.90 Å². The number of nitrogens with zero attached hydrogens (tertiary/aromatic N) is 2. The summed E-state index contributed by atoms with van der Waals surface area (Å²) in [5, 5.41) is 11.8. The standard InChI is InChI=1S/C34H38N2O8/c1-20(2)17-36-27-9-7-6-8-22(27)12-26(34(36)40)25(16-31(38)43-5)33-32(39)28(37)15-24(44-33)19-35-11-10-21-13-29(41-3)30(42-4)14-23(21)18-35/h6-9,12-15,20,25,39H,10-11,16-19H2,1-5H3/t25-/m1/s1. The van der Waals surface area contributed by atoms with E-state index in [1.54, 1.807) is 24.9 Å². The van der Waals surface area contributed by atoms with Crippen molar-refractivity contribution in [1.82, 2.24) is 9.47 Å². The first kappa shape index (κ1) is 30.9. The number of aromatic nitrogens is 1. The highest BCUT2D eigenvalue weighted by Crippen LogP contribution is 2.35. The average Bonchev–Trinajstić information content (AvgIpc) is 3.01. The number of benzene rings is 2. The third-order valence-corrected chi connectivity index (χ3v) is 8.05. The topological polar surface area (TPSA) is 120 Å². The minimum Gasteiger partial charge on any atom is -0.502 e. The molecule has 0 bridgehead atoms. The summed E-state index contributed by atoms with van der Waals surface area (Å²) in [5.74, 6) is -0.647. The summed E-state index contributed by atoms with van der Waals surface area (Å²) in [6, 6.07) is 14.4. The third kappa shape index (κ3) is 6.21. The van der Waals surface area contributed by atoms with Crippen LogP contribution >= 0.6 is 0 Å². The number of carbonyl (C=O) groups excluding carboxylic acids is 1. The molecule has 5 rings (SSSR count). The number of carbonyl (C=O) groups is 1. The molecule has 2 aromatic carbocycles. The van der Waals surface area contributed by atoms with E-state index in [0.29, 0.717) is 36.9 Å². The van der Waals surface area contributed by atoms with Gasteiger partial charge in [0.15, 0.2) is 17.3 Å². The number of methoxy groups -OCH3 is 3. The fraction of sp³-hybridized carbons (Fsp3) is 0.382. The molecule has 0 aliphatic carbocycles. The monoisotopic (exact) mass is 602 g/mol. The Bertz CT molecular complexity index is 1810. The van der Waals surface area contributed by atoms with Gasteiger partial charge >= 0.3 is 5.97 Å². The van der Waals surface area contributed by atoms with E-state index in [9.17, 15) is 19.5 Å². The van der Waals surface area contributed by atoms with Crippen molar-refractivity contribution in [3.05, 3.63) is 97.3 Å².